The van der Waals surface area contributed by atoms with Crippen LogP contribution in [-0.2, 0) is 14.3 Å². The zero-order valence-corrected chi connectivity index (χ0v) is 22.3. The van der Waals surface area contributed by atoms with Crippen LogP contribution < -0.4 is 4.90 Å². The first kappa shape index (κ1) is 26.0. The molecule has 8 heteroatoms. The Morgan fingerprint density at radius 1 is 1.00 bits per heavy atom. The molecular weight excluding hydrogens is 474 g/mol. The first-order chi connectivity index (χ1) is 17.2. The van der Waals surface area contributed by atoms with Gasteiger partial charge in [-0.25, -0.2) is 9.69 Å². The van der Waals surface area contributed by atoms with E-state index in [2.05, 4.69) is 11.9 Å². The van der Waals surface area contributed by atoms with Gasteiger partial charge in [-0.1, -0.05) is 29.5 Å². The van der Waals surface area contributed by atoms with Gasteiger partial charge in [0.15, 0.2) is 0 Å². The number of hydrogen-bond acceptors (Lipinski definition) is 7. The highest BCUT2D eigenvalue weighted by Gasteiger charge is 2.43. The zero-order chi connectivity index (χ0) is 26.0. The van der Waals surface area contributed by atoms with Crippen LogP contribution in [0.5, 0.6) is 0 Å². The van der Waals surface area contributed by atoms with Crippen LogP contribution in [0.2, 0.25) is 0 Å². The molecule has 0 saturated carbocycles. The Kier molecular flexibility index (Phi) is 7.85. The summed E-state index contributed by atoms with van der Waals surface area (Å²) in [6, 6.07) is 14.5. The van der Waals surface area contributed by atoms with Crippen molar-refractivity contribution in [3.05, 3.63) is 70.3 Å². The van der Waals surface area contributed by atoms with Crippen molar-refractivity contribution >= 4 is 35.2 Å². The van der Waals surface area contributed by atoms with Crippen molar-refractivity contribution in [3.63, 3.8) is 0 Å². The Morgan fingerprint density at radius 2 is 1.61 bits per heavy atom. The number of benzene rings is 2. The van der Waals surface area contributed by atoms with Crippen LogP contribution in [0.4, 0.5) is 5.69 Å². The van der Waals surface area contributed by atoms with E-state index in [0.29, 0.717) is 21.9 Å². The van der Waals surface area contributed by atoms with Gasteiger partial charge in [-0.05, 0) is 90.1 Å². The molecule has 0 radical (unpaired) electrons. The highest BCUT2D eigenvalue weighted by Crippen LogP contribution is 2.39. The molecule has 4 rings (SSSR count). The van der Waals surface area contributed by atoms with Gasteiger partial charge in [-0.15, -0.1) is 0 Å². The van der Waals surface area contributed by atoms with Crippen LogP contribution in [0.1, 0.15) is 42.6 Å². The molecule has 2 amide bonds. The summed E-state index contributed by atoms with van der Waals surface area (Å²) in [5, 5.41) is 0. The van der Waals surface area contributed by atoms with Gasteiger partial charge in [-0.2, -0.15) is 0 Å². The predicted octanol–water partition coefficient (Wildman–Crippen LogP) is 4.46. The van der Waals surface area contributed by atoms with Crippen LogP contribution in [0.15, 0.2) is 64.0 Å². The van der Waals surface area contributed by atoms with E-state index in [0.717, 1.165) is 36.4 Å². The van der Waals surface area contributed by atoms with Gasteiger partial charge in [0.05, 0.1) is 17.4 Å². The number of carbonyl (C=O) groups excluding carboxylic acids is 3. The molecule has 0 bridgehead atoms. The normalized spacial score (nSPS) is 17.3. The lowest BCUT2D eigenvalue weighted by Crippen LogP contribution is -2.43. The van der Waals surface area contributed by atoms with Crippen molar-refractivity contribution in [1.82, 2.24) is 9.80 Å². The third kappa shape index (κ3) is 5.50. The fourth-order valence-electron chi connectivity index (χ4n) is 4.45. The molecule has 1 saturated heterocycles. The second-order valence-corrected chi connectivity index (χ2v) is 10.8. The fourth-order valence-corrected chi connectivity index (χ4v) is 5.47. The molecule has 0 unspecified atom stereocenters. The molecule has 0 atom stereocenters. The lowest BCUT2D eigenvalue weighted by atomic mass is 10.0. The molecule has 2 aromatic carbocycles. The van der Waals surface area contributed by atoms with E-state index in [1.54, 1.807) is 38.1 Å². The molecule has 1 fully saturated rings. The van der Waals surface area contributed by atoms with Crippen LogP contribution in [-0.4, -0.2) is 66.9 Å². The molecule has 190 valence electrons. The molecule has 2 aliphatic heterocycles. The summed E-state index contributed by atoms with van der Waals surface area (Å²) in [6.07, 6.45) is 1.61. The van der Waals surface area contributed by atoms with Crippen LogP contribution in [0.3, 0.4) is 0 Å². The second kappa shape index (κ2) is 10.9. The number of piperidine rings is 1. The second-order valence-electron chi connectivity index (χ2n) is 9.68. The topological polar surface area (TPSA) is 70.2 Å². The molecule has 0 aromatic heterocycles. The maximum Gasteiger partial charge on any atom is 0.338 e. The number of carbonyl (C=O) groups is 3. The van der Waals surface area contributed by atoms with Gasteiger partial charge in [0, 0.05) is 18.0 Å². The molecule has 0 N–H and O–H groups in total. The van der Waals surface area contributed by atoms with Gasteiger partial charge >= 0.3 is 5.97 Å². The maximum absolute atomic E-state index is 13.8. The minimum absolute atomic E-state index is 0.176. The Labute approximate surface area is 217 Å². The van der Waals surface area contributed by atoms with E-state index in [-0.39, 0.29) is 24.0 Å². The van der Waals surface area contributed by atoms with Gasteiger partial charge < -0.3 is 14.5 Å². The fraction of sp³-hybridized carbons (Fsp3) is 0.393. The summed E-state index contributed by atoms with van der Waals surface area (Å²) < 4.78 is 5.25. The number of likely N-dealkylation sites (N-methyl/N-ethyl adjacent to an activating group) is 1. The molecule has 0 spiro atoms. The largest absolute Gasteiger partial charge is 0.459 e. The molecule has 7 nitrogen and oxygen atoms in total. The summed E-state index contributed by atoms with van der Waals surface area (Å²) in [6.45, 7) is 7.48. The highest BCUT2D eigenvalue weighted by atomic mass is 32.2. The van der Waals surface area contributed by atoms with E-state index in [4.69, 9.17) is 4.74 Å². The summed E-state index contributed by atoms with van der Waals surface area (Å²) >= 11 is 1.33. The van der Waals surface area contributed by atoms with Gasteiger partial charge in [0.2, 0.25) is 0 Å². The SMILES string of the molecule is Cc1ccc(SC2=C(N(C)C3CCN(C)CC3)C(=O)N(c3ccc(C(=O)OC(C)C)cc3)C2=O)cc1. The van der Waals surface area contributed by atoms with Crippen molar-refractivity contribution < 1.29 is 19.1 Å². The third-order valence-corrected chi connectivity index (χ3v) is 7.63. The van der Waals surface area contributed by atoms with E-state index in [1.807, 2.05) is 43.1 Å². The van der Waals surface area contributed by atoms with E-state index in [1.165, 1.54) is 16.7 Å². The summed E-state index contributed by atoms with van der Waals surface area (Å²) in [5.41, 5.74) is 2.37. The Hall–Kier alpha value is -3.10. The Bertz CT molecular complexity index is 1170. The number of imide groups is 1. The van der Waals surface area contributed by atoms with Crippen molar-refractivity contribution in [2.24, 2.45) is 0 Å². The lowest BCUT2D eigenvalue weighted by Gasteiger charge is -2.36. The monoisotopic (exact) mass is 507 g/mol. The van der Waals surface area contributed by atoms with Crippen molar-refractivity contribution in [1.29, 1.82) is 0 Å². The van der Waals surface area contributed by atoms with Crippen LogP contribution in [0.25, 0.3) is 0 Å². The summed E-state index contributed by atoms with van der Waals surface area (Å²) in [7, 11) is 4.02. The number of esters is 1. The minimum atomic E-state index is -0.438. The van der Waals surface area contributed by atoms with Crippen LogP contribution >= 0.6 is 11.8 Å². The van der Waals surface area contributed by atoms with Crippen molar-refractivity contribution in [2.45, 2.75) is 50.7 Å². The first-order valence-corrected chi connectivity index (χ1v) is 13.1. The number of anilines is 1. The number of hydrogen-bond donors (Lipinski definition) is 0. The standard InChI is InChI=1S/C28H33N3O4S/c1-18(2)35-28(34)20-8-10-22(11-9-20)31-26(32)24(30(5)21-14-16-29(4)17-15-21)25(27(31)33)36-23-12-6-19(3)7-13-23/h6-13,18,21H,14-17H2,1-5H3. The predicted molar refractivity (Wildman–Crippen MR) is 142 cm³/mol. The number of thioether (sulfide) groups is 1. The molecule has 36 heavy (non-hydrogen) atoms. The Morgan fingerprint density at radius 3 is 2.19 bits per heavy atom. The smallest absolute Gasteiger partial charge is 0.338 e. The third-order valence-electron chi connectivity index (χ3n) is 6.55. The quantitative estimate of drug-likeness (QED) is 0.405. The molecule has 2 aromatic rings. The summed E-state index contributed by atoms with van der Waals surface area (Å²) in [4.78, 5) is 46.5. The van der Waals surface area contributed by atoms with Gasteiger partial charge in [0.25, 0.3) is 11.8 Å². The molecule has 2 heterocycles. The van der Waals surface area contributed by atoms with Gasteiger partial charge in [0.1, 0.15) is 10.6 Å². The number of ether oxygens (including phenoxy) is 1. The Balaban J connectivity index is 1.65. The first-order valence-electron chi connectivity index (χ1n) is 12.3. The van der Waals surface area contributed by atoms with Crippen LogP contribution in [0, 0.1) is 6.92 Å². The average molecular weight is 508 g/mol. The molecular formula is C28H33N3O4S. The maximum atomic E-state index is 13.8. The number of aryl methyl sites for hydroxylation is 1. The van der Waals surface area contributed by atoms with E-state index < -0.39 is 5.97 Å². The average Bonchev–Trinajstić information content (AvgIpc) is 3.09. The van der Waals surface area contributed by atoms with Crippen molar-refractivity contribution in [2.75, 3.05) is 32.1 Å². The zero-order valence-electron chi connectivity index (χ0n) is 21.5. The number of likely N-dealkylation sites (tertiary alicyclic amines) is 1. The van der Waals surface area contributed by atoms with Gasteiger partial charge in [-0.3, -0.25) is 9.59 Å². The number of amides is 2. The van der Waals surface area contributed by atoms with E-state index >= 15 is 0 Å². The highest BCUT2D eigenvalue weighted by molar-refractivity contribution is 8.04. The molecule has 0 aliphatic carbocycles. The minimum Gasteiger partial charge on any atom is -0.459 e. The van der Waals surface area contributed by atoms with Crippen molar-refractivity contribution in [3.8, 4) is 0 Å². The lowest BCUT2D eigenvalue weighted by molar-refractivity contribution is -0.121. The molecule has 2 aliphatic rings. The van der Waals surface area contributed by atoms with E-state index in [9.17, 15) is 14.4 Å². The number of rotatable bonds is 7. The number of nitrogens with zero attached hydrogens (tertiary/aromatic N) is 3. The summed E-state index contributed by atoms with van der Waals surface area (Å²) in [5.74, 6) is -1.13.